The maximum Gasteiger partial charge on any atom is 0.494 e. The number of hydrogen-bond donors (Lipinski definition) is 0. The minimum Gasteiger partial charge on any atom is -0.468 e. The van der Waals surface area contributed by atoms with Crippen LogP contribution in [0.2, 0.25) is 0 Å². The SMILES string of the molecule is COC(=O)C1(c2ccc(-c3ccc(B4OC(C)(C)C(C)(C)O4)cc3)cc2)CC1. The van der Waals surface area contributed by atoms with Gasteiger partial charge in [0.15, 0.2) is 0 Å². The Hall–Kier alpha value is -2.11. The topological polar surface area (TPSA) is 44.8 Å². The molecule has 1 heterocycles. The second-order valence-electron chi connectivity index (χ2n) is 8.86. The second kappa shape index (κ2) is 6.46. The third-order valence-corrected chi connectivity index (χ3v) is 6.53. The first-order valence-corrected chi connectivity index (χ1v) is 9.83. The van der Waals surface area contributed by atoms with Crippen LogP contribution >= 0.6 is 0 Å². The predicted molar refractivity (Wildman–Crippen MR) is 111 cm³/mol. The van der Waals surface area contributed by atoms with Crippen LogP contribution in [0.5, 0.6) is 0 Å². The van der Waals surface area contributed by atoms with Gasteiger partial charge >= 0.3 is 13.1 Å². The maximum atomic E-state index is 12.1. The standard InChI is InChI=1S/C23H27BO4/c1-21(2)22(3,4)28-24(27-21)19-12-8-17(9-13-19)16-6-10-18(11-7-16)23(14-15-23)20(25)26-5/h6-13H,14-15H2,1-5H3. The van der Waals surface area contributed by atoms with Crippen LogP contribution < -0.4 is 5.46 Å². The molecule has 2 aromatic carbocycles. The van der Waals surface area contributed by atoms with Crippen molar-refractivity contribution in [2.75, 3.05) is 7.11 Å². The Balaban J connectivity index is 1.52. The van der Waals surface area contributed by atoms with Gasteiger partial charge in [-0.15, -0.1) is 0 Å². The Kier molecular flexibility index (Phi) is 4.44. The molecule has 2 fully saturated rings. The second-order valence-corrected chi connectivity index (χ2v) is 8.86. The van der Waals surface area contributed by atoms with Gasteiger partial charge in [0, 0.05) is 0 Å². The number of ether oxygens (including phenoxy) is 1. The van der Waals surface area contributed by atoms with Crippen molar-refractivity contribution < 1.29 is 18.8 Å². The molecule has 1 aliphatic carbocycles. The molecule has 4 nitrogen and oxygen atoms in total. The number of methoxy groups -OCH3 is 1. The van der Waals surface area contributed by atoms with Gasteiger partial charge in [0.05, 0.1) is 23.7 Å². The summed E-state index contributed by atoms with van der Waals surface area (Å²) in [4.78, 5) is 12.1. The highest BCUT2D eigenvalue weighted by molar-refractivity contribution is 6.62. The minimum absolute atomic E-state index is 0.132. The van der Waals surface area contributed by atoms with Crippen LogP contribution in [-0.4, -0.2) is 31.4 Å². The molecule has 146 valence electrons. The molecular formula is C23H27BO4. The summed E-state index contributed by atoms with van der Waals surface area (Å²) in [6.07, 6.45) is 1.73. The van der Waals surface area contributed by atoms with Crippen LogP contribution in [0, 0.1) is 0 Å². The monoisotopic (exact) mass is 378 g/mol. The fraction of sp³-hybridized carbons (Fsp3) is 0.435. The Labute approximate surface area is 167 Å². The first-order valence-electron chi connectivity index (χ1n) is 9.83. The van der Waals surface area contributed by atoms with E-state index < -0.39 is 5.41 Å². The van der Waals surface area contributed by atoms with Gasteiger partial charge in [-0.05, 0) is 62.7 Å². The average Bonchev–Trinajstić information content (AvgIpc) is 3.45. The summed E-state index contributed by atoms with van der Waals surface area (Å²) in [7, 11) is 1.11. The van der Waals surface area contributed by atoms with Crippen LogP contribution in [0.15, 0.2) is 48.5 Å². The highest BCUT2D eigenvalue weighted by Crippen LogP contribution is 2.49. The highest BCUT2D eigenvalue weighted by Gasteiger charge is 2.53. The number of rotatable bonds is 4. The molecule has 5 heteroatoms. The lowest BCUT2D eigenvalue weighted by Crippen LogP contribution is -2.41. The van der Waals surface area contributed by atoms with E-state index in [0.717, 1.165) is 35.0 Å². The molecule has 1 saturated heterocycles. The molecule has 0 N–H and O–H groups in total. The lowest BCUT2D eigenvalue weighted by atomic mass is 9.78. The zero-order valence-corrected chi connectivity index (χ0v) is 17.2. The summed E-state index contributed by atoms with van der Waals surface area (Å²) >= 11 is 0. The normalized spacial score (nSPS) is 21.4. The quantitative estimate of drug-likeness (QED) is 0.599. The highest BCUT2D eigenvalue weighted by atomic mass is 16.7. The molecule has 0 amide bonds. The minimum atomic E-state index is -0.423. The number of benzene rings is 2. The number of hydrogen-bond acceptors (Lipinski definition) is 4. The number of esters is 1. The molecule has 0 atom stereocenters. The largest absolute Gasteiger partial charge is 0.494 e. The van der Waals surface area contributed by atoms with E-state index in [2.05, 4.69) is 64.1 Å². The zero-order chi connectivity index (χ0) is 20.2. The molecule has 1 aliphatic heterocycles. The van der Waals surface area contributed by atoms with E-state index >= 15 is 0 Å². The van der Waals surface area contributed by atoms with Gasteiger partial charge in [-0.2, -0.15) is 0 Å². The van der Waals surface area contributed by atoms with Crippen molar-refractivity contribution in [3.63, 3.8) is 0 Å². The lowest BCUT2D eigenvalue weighted by Gasteiger charge is -2.32. The van der Waals surface area contributed by atoms with Gasteiger partial charge in [0.25, 0.3) is 0 Å². The summed E-state index contributed by atoms with van der Waals surface area (Å²) in [6.45, 7) is 8.24. The van der Waals surface area contributed by atoms with Gasteiger partial charge in [0.1, 0.15) is 0 Å². The molecule has 0 aromatic heterocycles. The van der Waals surface area contributed by atoms with Gasteiger partial charge in [-0.25, -0.2) is 0 Å². The Morgan fingerprint density at radius 2 is 1.32 bits per heavy atom. The van der Waals surface area contributed by atoms with Crippen molar-refractivity contribution in [3.05, 3.63) is 54.1 Å². The van der Waals surface area contributed by atoms with Gasteiger partial charge < -0.3 is 14.0 Å². The fourth-order valence-electron chi connectivity index (χ4n) is 3.72. The zero-order valence-electron chi connectivity index (χ0n) is 17.2. The van der Waals surface area contributed by atoms with Crippen molar-refractivity contribution in [1.29, 1.82) is 0 Å². The van der Waals surface area contributed by atoms with Gasteiger partial charge in [-0.3, -0.25) is 4.79 Å². The van der Waals surface area contributed by atoms with Crippen LogP contribution in [-0.2, 0) is 24.3 Å². The van der Waals surface area contributed by atoms with Crippen LogP contribution in [0.25, 0.3) is 11.1 Å². The van der Waals surface area contributed by atoms with Crippen molar-refractivity contribution in [2.24, 2.45) is 0 Å². The first-order chi connectivity index (χ1) is 13.2. The molecule has 0 radical (unpaired) electrons. The molecule has 0 bridgehead atoms. The van der Waals surface area contributed by atoms with E-state index in [1.807, 2.05) is 12.1 Å². The third kappa shape index (κ3) is 3.07. The fourth-order valence-corrected chi connectivity index (χ4v) is 3.72. The van der Waals surface area contributed by atoms with Gasteiger partial charge in [0.2, 0.25) is 0 Å². The smallest absolute Gasteiger partial charge is 0.468 e. The lowest BCUT2D eigenvalue weighted by molar-refractivity contribution is -0.143. The summed E-state index contributed by atoms with van der Waals surface area (Å²) in [6, 6.07) is 16.5. The van der Waals surface area contributed by atoms with Crippen molar-refractivity contribution in [2.45, 2.75) is 57.2 Å². The molecule has 0 spiro atoms. The van der Waals surface area contributed by atoms with E-state index in [9.17, 15) is 4.79 Å². The van der Waals surface area contributed by atoms with Crippen LogP contribution in [0.4, 0.5) is 0 Å². The first kappa shape index (κ1) is 19.2. The van der Waals surface area contributed by atoms with E-state index in [0.29, 0.717) is 0 Å². The Morgan fingerprint density at radius 3 is 1.75 bits per heavy atom. The molecule has 0 unspecified atom stereocenters. The summed E-state index contributed by atoms with van der Waals surface area (Å²) in [5, 5.41) is 0. The van der Waals surface area contributed by atoms with Crippen molar-refractivity contribution >= 4 is 18.6 Å². The summed E-state index contributed by atoms with van der Waals surface area (Å²) < 4.78 is 17.2. The Bertz CT molecular complexity index is 864. The number of carbonyl (C=O) groups excluding carboxylic acids is 1. The van der Waals surface area contributed by atoms with E-state index in [4.69, 9.17) is 14.0 Å². The van der Waals surface area contributed by atoms with Gasteiger partial charge in [-0.1, -0.05) is 48.5 Å². The van der Waals surface area contributed by atoms with Crippen molar-refractivity contribution in [3.8, 4) is 11.1 Å². The molecule has 28 heavy (non-hydrogen) atoms. The number of carbonyl (C=O) groups is 1. The average molecular weight is 378 g/mol. The molecule has 1 saturated carbocycles. The van der Waals surface area contributed by atoms with Crippen LogP contribution in [0.1, 0.15) is 46.1 Å². The Morgan fingerprint density at radius 1 is 0.857 bits per heavy atom. The molecular weight excluding hydrogens is 351 g/mol. The van der Waals surface area contributed by atoms with E-state index in [1.54, 1.807) is 0 Å². The predicted octanol–water partition coefficient (Wildman–Crippen LogP) is 3.86. The van der Waals surface area contributed by atoms with Crippen LogP contribution in [0.3, 0.4) is 0 Å². The summed E-state index contributed by atoms with van der Waals surface area (Å²) in [5.74, 6) is -0.132. The van der Waals surface area contributed by atoms with E-state index in [-0.39, 0.29) is 24.3 Å². The van der Waals surface area contributed by atoms with E-state index in [1.165, 1.54) is 7.11 Å². The maximum absolute atomic E-state index is 12.1. The van der Waals surface area contributed by atoms with Crippen molar-refractivity contribution in [1.82, 2.24) is 0 Å². The summed E-state index contributed by atoms with van der Waals surface area (Å²) in [5.41, 5.74) is 3.18. The molecule has 4 rings (SSSR count). The third-order valence-electron chi connectivity index (χ3n) is 6.53. The molecule has 2 aromatic rings. The molecule has 2 aliphatic rings.